The van der Waals surface area contributed by atoms with E-state index in [2.05, 4.69) is 24.1 Å². The van der Waals surface area contributed by atoms with Gasteiger partial charge >= 0.3 is 5.97 Å². The SMILES string of the molecule is CC1(C)CN(Cc2ccco2)CC(CCC(=O)O)N1. The highest BCUT2D eigenvalue weighted by Crippen LogP contribution is 2.19. The van der Waals surface area contributed by atoms with Crippen LogP contribution in [-0.2, 0) is 11.3 Å². The van der Waals surface area contributed by atoms with Crippen LogP contribution in [0, 0.1) is 0 Å². The Morgan fingerprint density at radius 1 is 1.63 bits per heavy atom. The minimum absolute atomic E-state index is 0.00594. The maximum absolute atomic E-state index is 10.7. The highest BCUT2D eigenvalue weighted by atomic mass is 16.4. The molecule has 0 bridgehead atoms. The average Bonchev–Trinajstić information content (AvgIpc) is 2.77. The van der Waals surface area contributed by atoms with Gasteiger partial charge in [0, 0.05) is 31.1 Å². The summed E-state index contributed by atoms with van der Waals surface area (Å²) in [6, 6.07) is 4.08. The molecule has 0 saturated carbocycles. The summed E-state index contributed by atoms with van der Waals surface area (Å²) in [5, 5.41) is 12.3. The molecule has 19 heavy (non-hydrogen) atoms. The van der Waals surface area contributed by atoms with E-state index in [-0.39, 0.29) is 18.0 Å². The second-order valence-electron chi connectivity index (χ2n) is 5.91. The Kier molecular flexibility index (Phi) is 4.27. The zero-order chi connectivity index (χ0) is 13.9. The summed E-state index contributed by atoms with van der Waals surface area (Å²) in [4.78, 5) is 13.0. The smallest absolute Gasteiger partial charge is 0.303 e. The summed E-state index contributed by atoms with van der Waals surface area (Å²) in [5.41, 5.74) is -0.00594. The lowest BCUT2D eigenvalue weighted by Crippen LogP contribution is -2.61. The molecule has 1 aliphatic rings. The monoisotopic (exact) mass is 266 g/mol. The zero-order valence-electron chi connectivity index (χ0n) is 11.6. The van der Waals surface area contributed by atoms with Gasteiger partial charge in [0.2, 0.25) is 0 Å². The van der Waals surface area contributed by atoms with E-state index < -0.39 is 5.97 Å². The summed E-state index contributed by atoms with van der Waals surface area (Å²) in [6.45, 7) is 6.86. The van der Waals surface area contributed by atoms with Crippen molar-refractivity contribution in [2.75, 3.05) is 13.1 Å². The molecule has 1 fully saturated rings. The molecule has 2 heterocycles. The van der Waals surface area contributed by atoms with E-state index in [0.29, 0.717) is 6.42 Å². The molecule has 0 aliphatic carbocycles. The van der Waals surface area contributed by atoms with Gasteiger partial charge in [-0.25, -0.2) is 0 Å². The molecule has 0 spiro atoms. The van der Waals surface area contributed by atoms with Crippen LogP contribution in [0.3, 0.4) is 0 Å². The normalized spacial score (nSPS) is 23.4. The average molecular weight is 266 g/mol. The van der Waals surface area contributed by atoms with Crippen LogP contribution >= 0.6 is 0 Å². The van der Waals surface area contributed by atoms with E-state index in [1.54, 1.807) is 6.26 Å². The van der Waals surface area contributed by atoms with E-state index in [9.17, 15) is 4.79 Å². The maximum Gasteiger partial charge on any atom is 0.303 e. The minimum atomic E-state index is -0.734. The second kappa shape index (κ2) is 5.75. The largest absolute Gasteiger partial charge is 0.481 e. The van der Waals surface area contributed by atoms with Gasteiger partial charge in [0.1, 0.15) is 5.76 Å². The Morgan fingerprint density at radius 2 is 2.42 bits per heavy atom. The highest BCUT2D eigenvalue weighted by Gasteiger charge is 2.32. The Balaban J connectivity index is 1.94. The zero-order valence-corrected chi connectivity index (χ0v) is 11.6. The first kappa shape index (κ1) is 14.1. The first-order valence-electron chi connectivity index (χ1n) is 6.69. The van der Waals surface area contributed by atoms with Crippen molar-refractivity contribution in [3.63, 3.8) is 0 Å². The number of carboxylic acids is 1. The predicted molar refractivity (Wildman–Crippen MR) is 71.9 cm³/mol. The van der Waals surface area contributed by atoms with E-state index >= 15 is 0 Å². The third kappa shape index (κ3) is 4.36. The molecule has 2 rings (SSSR count). The van der Waals surface area contributed by atoms with E-state index in [1.807, 2.05) is 12.1 Å². The van der Waals surface area contributed by atoms with Crippen LogP contribution in [0.15, 0.2) is 22.8 Å². The number of furan rings is 1. The first-order chi connectivity index (χ1) is 8.94. The molecule has 1 aromatic heterocycles. The number of nitrogens with zero attached hydrogens (tertiary/aromatic N) is 1. The molecule has 106 valence electrons. The van der Waals surface area contributed by atoms with Crippen LogP contribution in [0.5, 0.6) is 0 Å². The summed E-state index contributed by atoms with van der Waals surface area (Å²) in [7, 11) is 0. The molecule has 0 radical (unpaired) electrons. The van der Waals surface area contributed by atoms with Crippen LogP contribution < -0.4 is 5.32 Å². The molecule has 0 amide bonds. The van der Waals surface area contributed by atoms with Gasteiger partial charge in [-0.1, -0.05) is 0 Å². The molecule has 1 aliphatic heterocycles. The molecule has 1 unspecified atom stereocenters. The van der Waals surface area contributed by atoms with Crippen molar-refractivity contribution in [2.24, 2.45) is 0 Å². The van der Waals surface area contributed by atoms with Gasteiger partial charge in [-0.2, -0.15) is 0 Å². The highest BCUT2D eigenvalue weighted by molar-refractivity contribution is 5.66. The van der Waals surface area contributed by atoms with Gasteiger partial charge < -0.3 is 14.8 Å². The van der Waals surface area contributed by atoms with Crippen LogP contribution in [-0.4, -0.2) is 40.6 Å². The summed E-state index contributed by atoms with van der Waals surface area (Å²) in [5.74, 6) is 0.220. The van der Waals surface area contributed by atoms with E-state index in [1.165, 1.54) is 0 Å². The molecule has 5 nitrogen and oxygen atoms in total. The number of hydrogen-bond donors (Lipinski definition) is 2. The molecule has 1 atom stereocenters. The number of rotatable bonds is 5. The molecule has 0 aromatic carbocycles. The summed E-state index contributed by atoms with van der Waals surface area (Å²) >= 11 is 0. The third-order valence-corrected chi connectivity index (χ3v) is 3.36. The summed E-state index contributed by atoms with van der Waals surface area (Å²) < 4.78 is 5.38. The number of hydrogen-bond acceptors (Lipinski definition) is 4. The molecule has 5 heteroatoms. The topological polar surface area (TPSA) is 65.7 Å². The molecule has 1 aromatic rings. The number of nitrogens with one attached hydrogen (secondary N) is 1. The molecular formula is C14H22N2O3. The van der Waals surface area contributed by atoms with E-state index in [4.69, 9.17) is 9.52 Å². The van der Waals surface area contributed by atoms with Gasteiger partial charge in [0.05, 0.1) is 12.8 Å². The fourth-order valence-corrected chi connectivity index (χ4v) is 2.78. The van der Waals surface area contributed by atoms with Crippen molar-refractivity contribution < 1.29 is 14.3 Å². The van der Waals surface area contributed by atoms with Gasteiger partial charge in [-0.05, 0) is 32.4 Å². The van der Waals surface area contributed by atoms with Crippen LogP contribution in [0.25, 0.3) is 0 Å². The van der Waals surface area contributed by atoms with E-state index in [0.717, 1.165) is 25.4 Å². The third-order valence-electron chi connectivity index (χ3n) is 3.36. The van der Waals surface area contributed by atoms with Crippen LogP contribution in [0.1, 0.15) is 32.4 Å². The quantitative estimate of drug-likeness (QED) is 0.849. The van der Waals surface area contributed by atoms with Crippen molar-refractivity contribution >= 4 is 5.97 Å². The standard InChI is InChI=1S/C14H22N2O3/c1-14(2)10-16(9-12-4-3-7-19-12)8-11(15-14)5-6-13(17)18/h3-4,7,11,15H,5-6,8-10H2,1-2H3,(H,17,18). The lowest BCUT2D eigenvalue weighted by molar-refractivity contribution is -0.137. The van der Waals surface area contributed by atoms with Crippen molar-refractivity contribution in [1.29, 1.82) is 0 Å². The van der Waals surface area contributed by atoms with Gasteiger partial charge in [-0.15, -0.1) is 0 Å². The maximum atomic E-state index is 10.7. The predicted octanol–water partition coefficient (Wildman–Crippen LogP) is 1.70. The molecular weight excluding hydrogens is 244 g/mol. The number of carbonyl (C=O) groups is 1. The Morgan fingerprint density at radius 3 is 3.05 bits per heavy atom. The minimum Gasteiger partial charge on any atom is -0.481 e. The Bertz CT molecular complexity index is 414. The Labute approximate surface area is 113 Å². The first-order valence-corrected chi connectivity index (χ1v) is 6.69. The van der Waals surface area contributed by atoms with Gasteiger partial charge in [0.15, 0.2) is 0 Å². The van der Waals surface area contributed by atoms with Crippen LogP contribution in [0.4, 0.5) is 0 Å². The van der Waals surface area contributed by atoms with Gasteiger partial charge in [0.25, 0.3) is 0 Å². The van der Waals surface area contributed by atoms with Crippen molar-refractivity contribution in [2.45, 2.75) is 44.8 Å². The Hall–Kier alpha value is -1.33. The fraction of sp³-hybridized carbons (Fsp3) is 0.643. The lowest BCUT2D eigenvalue weighted by Gasteiger charge is -2.43. The van der Waals surface area contributed by atoms with Crippen molar-refractivity contribution in [3.8, 4) is 0 Å². The summed E-state index contributed by atoms with van der Waals surface area (Å²) in [6.07, 6.45) is 2.56. The molecule has 1 saturated heterocycles. The van der Waals surface area contributed by atoms with Crippen LogP contribution in [0.2, 0.25) is 0 Å². The lowest BCUT2D eigenvalue weighted by atomic mass is 9.96. The van der Waals surface area contributed by atoms with Crippen molar-refractivity contribution in [1.82, 2.24) is 10.2 Å². The van der Waals surface area contributed by atoms with Crippen molar-refractivity contribution in [3.05, 3.63) is 24.2 Å². The number of piperazine rings is 1. The second-order valence-corrected chi connectivity index (χ2v) is 5.91. The van der Waals surface area contributed by atoms with Gasteiger partial charge in [-0.3, -0.25) is 9.69 Å². The number of aliphatic carboxylic acids is 1. The fourth-order valence-electron chi connectivity index (χ4n) is 2.78. The molecule has 2 N–H and O–H groups in total. The number of carboxylic acid groups (broad SMARTS) is 1.